The van der Waals surface area contributed by atoms with Crippen LogP contribution in [0.4, 0.5) is 4.79 Å². The van der Waals surface area contributed by atoms with Gasteiger partial charge in [-0.1, -0.05) is 0 Å². The fourth-order valence-corrected chi connectivity index (χ4v) is 1.94. The van der Waals surface area contributed by atoms with Gasteiger partial charge in [0.05, 0.1) is 6.10 Å². The smallest absolute Gasteiger partial charge is 0.410 e. The number of amides is 1. The summed E-state index contributed by atoms with van der Waals surface area (Å²) in [6.45, 7) is 5.92. The maximum atomic E-state index is 11.8. The highest BCUT2D eigenvalue weighted by Crippen LogP contribution is 2.22. The number of carbonyl (C=O) groups is 2. The van der Waals surface area contributed by atoms with Crippen LogP contribution in [0.5, 0.6) is 0 Å². The van der Waals surface area contributed by atoms with Crippen molar-refractivity contribution in [2.75, 3.05) is 20.2 Å². The Balaban J connectivity index is 2.65. The second kappa shape index (κ2) is 5.56. The van der Waals surface area contributed by atoms with Crippen LogP contribution in [-0.4, -0.2) is 54.0 Å². The van der Waals surface area contributed by atoms with Gasteiger partial charge in [-0.25, -0.2) is 4.79 Å². The van der Waals surface area contributed by atoms with Gasteiger partial charge in [0.25, 0.3) is 0 Å². The molecule has 0 bridgehead atoms. The number of rotatable bonds is 2. The molecule has 0 aromatic carbocycles. The molecule has 0 radical (unpaired) electrons. The molecular weight excluding hydrogens is 238 g/mol. The van der Waals surface area contributed by atoms with Crippen LogP contribution in [0.3, 0.4) is 0 Å². The van der Waals surface area contributed by atoms with Gasteiger partial charge < -0.3 is 19.5 Å². The lowest BCUT2D eigenvalue weighted by Gasteiger charge is -2.36. The summed E-state index contributed by atoms with van der Waals surface area (Å²) in [7, 11) is 1.49. The van der Waals surface area contributed by atoms with Gasteiger partial charge in [0.1, 0.15) is 11.5 Å². The lowest BCUT2D eigenvalue weighted by atomic mass is 9.95. The van der Waals surface area contributed by atoms with Gasteiger partial charge in [-0.15, -0.1) is 0 Å². The van der Waals surface area contributed by atoms with Crippen molar-refractivity contribution in [1.29, 1.82) is 0 Å². The zero-order valence-electron chi connectivity index (χ0n) is 11.3. The van der Waals surface area contributed by atoms with Gasteiger partial charge in [0, 0.05) is 20.2 Å². The van der Waals surface area contributed by atoms with E-state index in [1.165, 1.54) is 12.0 Å². The summed E-state index contributed by atoms with van der Waals surface area (Å²) in [5.74, 6) is -1.65. The van der Waals surface area contributed by atoms with Gasteiger partial charge in [-0.2, -0.15) is 0 Å². The number of nitrogens with zero attached hydrogens (tertiary/aromatic N) is 1. The van der Waals surface area contributed by atoms with E-state index < -0.39 is 23.6 Å². The maximum Gasteiger partial charge on any atom is 0.410 e. The van der Waals surface area contributed by atoms with Crippen molar-refractivity contribution in [3.63, 3.8) is 0 Å². The molecule has 1 fully saturated rings. The number of methoxy groups -OCH3 is 1. The number of hydrogen-bond acceptors (Lipinski definition) is 4. The molecule has 1 aliphatic heterocycles. The molecule has 1 saturated heterocycles. The molecule has 1 heterocycles. The molecule has 1 rings (SSSR count). The number of ether oxygens (including phenoxy) is 2. The normalized spacial score (nSPS) is 24.8. The lowest BCUT2D eigenvalue weighted by molar-refractivity contribution is -0.149. The minimum absolute atomic E-state index is 0.128. The first-order chi connectivity index (χ1) is 8.24. The summed E-state index contributed by atoms with van der Waals surface area (Å²) in [6.07, 6.45) is -0.309. The molecule has 2 atom stereocenters. The highest BCUT2D eigenvalue weighted by Gasteiger charge is 2.37. The van der Waals surface area contributed by atoms with E-state index in [-0.39, 0.29) is 12.6 Å². The summed E-state index contributed by atoms with van der Waals surface area (Å²) in [5, 5.41) is 9.11. The van der Waals surface area contributed by atoms with Crippen LogP contribution in [0, 0.1) is 5.92 Å². The molecule has 0 aromatic heterocycles. The van der Waals surface area contributed by atoms with Crippen LogP contribution in [0.1, 0.15) is 27.2 Å². The third kappa shape index (κ3) is 3.87. The molecular formula is C12H21NO5. The topological polar surface area (TPSA) is 76.1 Å². The molecule has 1 amide bonds. The minimum Gasteiger partial charge on any atom is -0.481 e. The molecule has 1 N–H and O–H groups in total. The molecule has 0 spiro atoms. The lowest BCUT2D eigenvalue weighted by Crippen LogP contribution is -2.50. The summed E-state index contributed by atoms with van der Waals surface area (Å²) >= 11 is 0. The Kier molecular flexibility index (Phi) is 4.56. The minimum atomic E-state index is -0.949. The molecule has 18 heavy (non-hydrogen) atoms. The van der Waals surface area contributed by atoms with Gasteiger partial charge >= 0.3 is 12.1 Å². The standard InChI is InChI=1S/C12H21NO5/c1-12(2,3)18-11(16)13-6-5-9(17-4)8(7-13)10(14)15/h8-9H,5-7H2,1-4H3,(H,14,15). The molecule has 0 aliphatic carbocycles. The Morgan fingerprint density at radius 3 is 2.39 bits per heavy atom. The van der Waals surface area contributed by atoms with Crippen LogP contribution in [0.2, 0.25) is 0 Å². The summed E-state index contributed by atoms with van der Waals surface area (Å²) < 4.78 is 10.4. The van der Waals surface area contributed by atoms with E-state index in [4.69, 9.17) is 14.6 Å². The van der Waals surface area contributed by atoms with Crippen LogP contribution >= 0.6 is 0 Å². The molecule has 104 valence electrons. The second-order valence-corrected chi connectivity index (χ2v) is 5.43. The quantitative estimate of drug-likeness (QED) is 0.810. The van der Waals surface area contributed by atoms with Crippen molar-refractivity contribution < 1.29 is 24.2 Å². The van der Waals surface area contributed by atoms with E-state index in [2.05, 4.69) is 0 Å². The molecule has 2 unspecified atom stereocenters. The molecule has 6 nitrogen and oxygen atoms in total. The molecule has 6 heteroatoms. The van der Waals surface area contributed by atoms with E-state index in [9.17, 15) is 9.59 Å². The Morgan fingerprint density at radius 1 is 1.33 bits per heavy atom. The van der Waals surface area contributed by atoms with Gasteiger partial charge in [-0.3, -0.25) is 4.79 Å². The Morgan fingerprint density at radius 2 is 1.94 bits per heavy atom. The number of hydrogen-bond donors (Lipinski definition) is 1. The fourth-order valence-electron chi connectivity index (χ4n) is 1.94. The maximum absolute atomic E-state index is 11.8. The SMILES string of the molecule is COC1CCN(C(=O)OC(C)(C)C)CC1C(=O)O. The Bertz CT molecular complexity index is 323. The Hall–Kier alpha value is -1.30. The average molecular weight is 259 g/mol. The van der Waals surface area contributed by atoms with E-state index in [0.29, 0.717) is 13.0 Å². The van der Waals surface area contributed by atoms with E-state index >= 15 is 0 Å². The van der Waals surface area contributed by atoms with Gasteiger partial charge in [0.2, 0.25) is 0 Å². The van der Waals surface area contributed by atoms with Gasteiger partial charge in [-0.05, 0) is 27.2 Å². The highest BCUT2D eigenvalue weighted by molar-refractivity contribution is 5.74. The molecule has 0 aromatic rings. The van der Waals surface area contributed by atoms with Crippen LogP contribution in [0.25, 0.3) is 0 Å². The largest absolute Gasteiger partial charge is 0.481 e. The van der Waals surface area contributed by atoms with Crippen molar-refractivity contribution >= 4 is 12.1 Å². The highest BCUT2D eigenvalue weighted by atomic mass is 16.6. The number of carboxylic acid groups (broad SMARTS) is 1. The first-order valence-corrected chi connectivity index (χ1v) is 5.98. The van der Waals surface area contributed by atoms with Crippen molar-refractivity contribution in [3.05, 3.63) is 0 Å². The van der Waals surface area contributed by atoms with Gasteiger partial charge in [0.15, 0.2) is 0 Å². The van der Waals surface area contributed by atoms with Crippen molar-refractivity contribution in [2.45, 2.75) is 38.9 Å². The van der Waals surface area contributed by atoms with Crippen LogP contribution in [0.15, 0.2) is 0 Å². The monoisotopic (exact) mass is 259 g/mol. The molecule has 0 saturated carbocycles. The summed E-state index contributed by atoms with van der Waals surface area (Å²) in [5.41, 5.74) is -0.575. The number of carboxylic acids is 1. The fraction of sp³-hybridized carbons (Fsp3) is 0.833. The van der Waals surface area contributed by atoms with Crippen LogP contribution < -0.4 is 0 Å². The number of piperidine rings is 1. The van der Waals surface area contributed by atoms with E-state index in [0.717, 1.165) is 0 Å². The third-order valence-corrected chi connectivity index (χ3v) is 2.82. The number of aliphatic carboxylic acids is 1. The third-order valence-electron chi connectivity index (χ3n) is 2.82. The number of likely N-dealkylation sites (tertiary alicyclic amines) is 1. The summed E-state index contributed by atoms with van der Waals surface area (Å²) in [6, 6.07) is 0. The van der Waals surface area contributed by atoms with Crippen molar-refractivity contribution in [1.82, 2.24) is 4.90 Å². The first-order valence-electron chi connectivity index (χ1n) is 5.98. The van der Waals surface area contributed by atoms with E-state index in [1.807, 2.05) is 0 Å². The zero-order chi connectivity index (χ0) is 13.9. The number of carbonyl (C=O) groups excluding carboxylic acids is 1. The second-order valence-electron chi connectivity index (χ2n) is 5.43. The predicted octanol–water partition coefficient (Wildman–Crippen LogP) is 1.34. The molecule has 1 aliphatic rings. The zero-order valence-corrected chi connectivity index (χ0v) is 11.3. The predicted molar refractivity (Wildman–Crippen MR) is 64.3 cm³/mol. The average Bonchev–Trinajstić information content (AvgIpc) is 2.25. The van der Waals surface area contributed by atoms with Crippen molar-refractivity contribution in [3.8, 4) is 0 Å². The van der Waals surface area contributed by atoms with E-state index in [1.54, 1.807) is 20.8 Å². The first kappa shape index (κ1) is 14.8. The summed E-state index contributed by atoms with van der Waals surface area (Å²) in [4.78, 5) is 24.4. The Labute approximate surface area is 107 Å². The van der Waals surface area contributed by atoms with Crippen LogP contribution in [-0.2, 0) is 14.3 Å². The van der Waals surface area contributed by atoms with Crippen molar-refractivity contribution in [2.24, 2.45) is 5.92 Å².